The fourth-order valence-electron chi connectivity index (χ4n) is 2.38. The Morgan fingerprint density at radius 1 is 1.24 bits per heavy atom. The smallest absolute Gasteiger partial charge is 0.292 e. The minimum Gasteiger partial charge on any atom is -0.377 e. The molecule has 17 heavy (non-hydrogen) atoms. The van der Waals surface area contributed by atoms with E-state index >= 15 is 0 Å². The molecule has 1 aliphatic rings. The monoisotopic (exact) mass is 234 g/mol. The standard InChI is InChI=1S/C13H18N2O2/c1-10-6-8-11(9-7-10)14-12-4-2-3-5-13(12)15(16)17/h2-5,10-11,14H,6-9H2,1H3. The molecule has 92 valence electrons. The largest absolute Gasteiger partial charge is 0.377 e. The van der Waals surface area contributed by atoms with Gasteiger partial charge in [0.1, 0.15) is 5.69 Å². The van der Waals surface area contributed by atoms with Gasteiger partial charge in [-0.15, -0.1) is 0 Å². The summed E-state index contributed by atoms with van der Waals surface area (Å²) in [5, 5.41) is 14.2. The van der Waals surface area contributed by atoms with Crippen LogP contribution in [0, 0.1) is 16.0 Å². The Labute approximate surface area is 101 Å². The Hall–Kier alpha value is -1.58. The number of nitrogens with one attached hydrogen (secondary N) is 1. The van der Waals surface area contributed by atoms with Crippen molar-refractivity contribution in [2.45, 2.75) is 38.6 Å². The number of rotatable bonds is 3. The highest BCUT2D eigenvalue weighted by atomic mass is 16.6. The molecular weight excluding hydrogens is 216 g/mol. The fraction of sp³-hybridized carbons (Fsp3) is 0.538. The quantitative estimate of drug-likeness (QED) is 0.642. The zero-order valence-corrected chi connectivity index (χ0v) is 10.1. The van der Waals surface area contributed by atoms with E-state index in [-0.39, 0.29) is 10.6 Å². The molecule has 1 N–H and O–H groups in total. The molecule has 0 saturated heterocycles. The van der Waals surface area contributed by atoms with Crippen molar-refractivity contribution in [2.24, 2.45) is 5.92 Å². The predicted octanol–water partition coefficient (Wildman–Crippen LogP) is 3.59. The maximum absolute atomic E-state index is 10.9. The van der Waals surface area contributed by atoms with Crippen LogP contribution in [0.4, 0.5) is 11.4 Å². The van der Waals surface area contributed by atoms with Crippen LogP contribution in [0.1, 0.15) is 32.6 Å². The van der Waals surface area contributed by atoms with Crippen molar-refractivity contribution in [3.05, 3.63) is 34.4 Å². The molecule has 0 aromatic heterocycles. The van der Waals surface area contributed by atoms with Gasteiger partial charge in [-0.05, 0) is 37.7 Å². The summed E-state index contributed by atoms with van der Waals surface area (Å²) in [6.45, 7) is 2.27. The number of anilines is 1. The van der Waals surface area contributed by atoms with Crippen LogP contribution in [0.15, 0.2) is 24.3 Å². The number of benzene rings is 1. The Bertz CT molecular complexity index is 398. The molecule has 2 rings (SSSR count). The van der Waals surface area contributed by atoms with Gasteiger partial charge in [0, 0.05) is 12.1 Å². The van der Waals surface area contributed by atoms with Crippen molar-refractivity contribution in [1.82, 2.24) is 0 Å². The summed E-state index contributed by atoms with van der Waals surface area (Å²) in [5.41, 5.74) is 0.822. The molecule has 0 atom stereocenters. The highest BCUT2D eigenvalue weighted by molar-refractivity contribution is 5.61. The van der Waals surface area contributed by atoms with E-state index in [9.17, 15) is 10.1 Å². The molecular formula is C13H18N2O2. The molecule has 0 aliphatic heterocycles. The van der Waals surface area contributed by atoms with Crippen LogP contribution in [-0.4, -0.2) is 11.0 Å². The molecule has 1 aromatic carbocycles. The minimum atomic E-state index is -0.326. The molecule has 0 bridgehead atoms. The van der Waals surface area contributed by atoms with Gasteiger partial charge in [-0.25, -0.2) is 0 Å². The van der Waals surface area contributed by atoms with Gasteiger partial charge in [-0.3, -0.25) is 10.1 Å². The lowest BCUT2D eigenvalue weighted by Crippen LogP contribution is -2.25. The highest BCUT2D eigenvalue weighted by Crippen LogP contribution is 2.29. The lowest BCUT2D eigenvalue weighted by Gasteiger charge is -2.27. The van der Waals surface area contributed by atoms with E-state index in [1.165, 1.54) is 12.8 Å². The second-order valence-electron chi connectivity index (χ2n) is 4.88. The molecule has 0 spiro atoms. The van der Waals surface area contributed by atoms with E-state index < -0.39 is 0 Å². The van der Waals surface area contributed by atoms with Crippen molar-refractivity contribution >= 4 is 11.4 Å². The Morgan fingerprint density at radius 2 is 1.88 bits per heavy atom. The predicted molar refractivity (Wildman–Crippen MR) is 68.1 cm³/mol. The first-order chi connectivity index (χ1) is 8.16. The Balaban J connectivity index is 2.05. The van der Waals surface area contributed by atoms with Crippen molar-refractivity contribution in [3.63, 3.8) is 0 Å². The molecule has 0 unspecified atom stereocenters. The van der Waals surface area contributed by atoms with Crippen LogP contribution >= 0.6 is 0 Å². The average Bonchev–Trinajstić information content (AvgIpc) is 2.32. The van der Waals surface area contributed by atoms with Crippen LogP contribution in [0.2, 0.25) is 0 Å². The second kappa shape index (κ2) is 5.17. The van der Waals surface area contributed by atoms with Crippen LogP contribution in [0.5, 0.6) is 0 Å². The summed E-state index contributed by atoms with van der Waals surface area (Å²) in [5.74, 6) is 0.791. The summed E-state index contributed by atoms with van der Waals surface area (Å²) in [7, 11) is 0. The van der Waals surface area contributed by atoms with Gasteiger partial charge in [-0.1, -0.05) is 19.1 Å². The molecule has 4 nitrogen and oxygen atoms in total. The van der Waals surface area contributed by atoms with Gasteiger partial charge in [0.05, 0.1) is 4.92 Å². The third kappa shape index (κ3) is 2.96. The van der Waals surface area contributed by atoms with Gasteiger partial charge in [0.15, 0.2) is 0 Å². The summed E-state index contributed by atoms with van der Waals surface area (Å²) in [6.07, 6.45) is 4.62. The zero-order chi connectivity index (χ0) is 12.3. The fourth-order valence-corrected chi connectivity index (χ4v) is 2.38. The number of nitro benzene ring substituents is 1. The molecule has 0 heterocycles. The van der Waals surface area contributed by atoms with Crippen LogP contribution < -0.4 is 5.32 Å². The van der Waals surface area contributed by atoms with Crippen LogP contribution in [0.25, 0.3) is 0 Å². The van der Waals surface area contributed by atoms with Gasteiger partial charge in [0.25, 0.3) is 5.69 Å². The maximum atomic E-state index is 10.9. The molecule has 1 saturated carbocycles. The molecule has 1 aliphatic carbocycles. The first-order valence-electron chi connectivity index (χ1n) is 6.17. The van der Waals surface area contributed by atoms with Crippen molar-refractivity contribution in [1.29, 1.82) is 0 Å². The Kier molecular flexibility index (Phi) is 3.61. The molecule has 1 aromatic rings. The summed E-state index contributed by atoms with van der Waals surface area (Å²) >= 11 is 0. The number of hydrogen-bond acceptors (Lipinski definition) is 3. The minimum absolute atomic E-state index is 0.172. The van der Waals surface area contributed by atoms with Crippen molar-refractivity contribution in [3.8, 4) is 0 Å². The Morgan fingerprint density at radius 3 is 2.53 bits per heavy atom. The lowest BCUT2D eigenvalue weighted by atomic mass is 9.87. The summed E-state index contributed by atoms with van der Waals surface area (Å²) in [6, 6.07) is 7.25. The summed E-state index contributed by atoms with van der Waals surface area (Å²) < 4.78 is 0. The van der Waals surface area contributed by atoms with Gasteiger partial charge >= 0.3 is 0 Å². The third-order valence-corrected chi connectivity index (χ3v) is 3.48. The molecule has 4 heteroatoms. The second-order valence-corrected chi connectivity index (χ2v) is 4.88. The van der Waals surface area contributed by atoms with E-state index in [2.05, 4.69) is 12.2 Å². The first kappa shape index (κ1) is 11.9. The van der Waals surface area contributed by atoms with Gasteiger partial charge < -0.3 is 5.32 Å². The maximum Gasteiger partial charge on any atom is 0.292 e. The number of nitro groups is 1. The molecule has 0 radical (unpaired) electrons. The number of para-hydroxylation sites is 2. The summed E-state index contributed by atoms with van der Waals surface area (Å²) in [4.78, 5) is 10.6. The molecule has 0 amide bonds. The van der Waals surface area contributed by atoms with E-state index in [1.807, 2.05) is 6.07 Å². The van der Waals surface area contributed by atoms with E-state index in [0.29, 0.717) is 11.7 Å². The molecule has 1 fully saturated rings. The van der Waals surface area contributed by atoms with Crippen LogP contribution in [-0.2, 0) is 0 Å². The van der Waals surface area contributed by atoms with Gasteiger partial charge in [-0.2, -0.15) is 0 Å². The van der Waals surface area contributed by atoms with Crippen LogP contribution in [0.3, 0.4) is 0 Å². The van der Waals surface area contributed by atoms with Gasteiger partial charge in [0.2, 0.25) is 0 Å². The average molecular weight is 234 g/mol. The normalized spacial score (nSPS) is 24.3. The zero-order valence-electron chi connectivity index (χ0n) is 10.1. The van der Waals surface area contributed by atoms with E-state index in [4.69, 9.17) is 0 Å². The number of nitrogens with zero attached hydrogens (tertiary/aromatic N) is 1. The lowest BCUT2D eigenvalue weighted by molar-refractivity contribution is -0.384. The van der Waals surface area contributed by atoms with E-state index in [0.717, 1.165) is 18.8 Å². The first-order valence-corrected chi connectivity index (χ1v) is 6.17. The third-order valence-electron chi connectivity index (χ3n) is 3.48. The van der Waals surface area contributed by atoms with E-state index in [1.54, 1.807) is 18.2 Å². The topological polar surface area (TPSA) is 55.2 Å². The highest BCUT2D eigenvalue weighted by Gasteiger charge is 2.20. The van der Waals surface area contributed by atoms with Crippen molar-refractivity contribution in [2.75, 3.05) is 5.32 Å². The number of hydrogen-bond donors (Lipinski definition) is 1. The van der Waals surface area contributed by atoms with Crippen molar-refractivity contribution < 1.29 is 4.92 Å². The SMILES string of the molecule is CC1CCC(Nc2ccccc2[N+](=O)[O-])CC1.